The third-order valence-electron chi connectivity index (χ3n) is 3.28. The van der Waals surface area contributed by atoms with E-state index < -0.39 is 0 Å². The van der Waals surface area contributed by atoms with Gasteiger partial charge in [-0.1, -0.05) is 6.07 Å². The number of rotatable bonds is 6. The van der Waals surface area contributed by atoms with Crippen LogP contribution in [0.3, 0.4) is 0 Å². The van der Waals surface area contributed by atoms with E-state index in [2.05, 4.69) is 11.4 Å². The Kier molecular flexibility index (Phi) is 5.48. The average molecular weight is 265 g/mol. The maximum absolute atomic E-state index is 5.51. The summed E-state index contributed by atoms with van der Waals surface area (Å²) in [5, 5.41) is 3.52. The maximum Gasteiger partial charge on any atom is 0.161 e. The molecule has 2 rings (SSSR count). The third-order valence-corrected chi connectivity index (χ3v) is 3.28. The van der Waals surface area contributed by atoms with Gasteiger partial charge in [0.2, 0.25) is 0 Å². The van der Waals surface area contributed by atoms with Gasteiger partial charge in [-0.15, -0.1) is 0 Å². The van der Waals surface area contributed by atoms with E-state index in [1.54, 1.807) is 7.11 Å². The molecule has 1 saturated heterocycles. The highest BCUT2D eigenvalue weighted by Crippen LogP contribution is 2.28. The molecule has 0 saturated carbocycles. The summed E-state index contributed by atoms with van der Waals surface area (Å²) >= 11 is 0. The molecule has 0 aromatic heterocycles. The Labute approximate surface area is 115 Å². The quantitative estimate of drug-likeness (QED) is 0.857. The fourth-order valence-electron chi connectivity index (χ4n) is 2.26. The van der Waals surface area contributed by atoms with Crippen LogP contribution in [0, 0.1) is 0 Å². The fourth-order valence-corrected chi connectivity index (χ4v) is 2.26. The highest BCUT2D eigenvalue weighted by molar-refractivity contribution is 5.42. The molecule has 0 radical (unpaired) electrons. The monoisotopic (exact) mass is 265 g/mol. The predicted molar refractivity (Wildman–Crippen MR) is 74.8 cm³/mol. The zero-order valence-electron chi connectivity index (χ0n) is 11.8. The van der Waals surface area contributed by atoms with Crippen molar-refractivity contribution < 1.29 is 14.2 Å². The summed E-state index contributed by atoms with van der Waals surface area (Å²) in [5.74, 6) is 1.59. The largest absolute Gasteiger partial charge is 0.493 e. The Morgan fingerprint density at radius 3 is 2.95 bits per heavy atom. The lowest BCUT2D eigenvalue weighted by molar-refractivity contribution is 0.0699. The summed E-state index contributed by atoms with van der Waals surface area (Å²) in [5.41, 5.74) is 1.20. The van der Waals surface area contributed by atoms with Crippen molar-refractivity contribution in [3.63, 3.8) is 0 Å². The van der Waals surface area contributed by atoms with Crippen LogP contribution in [0.2, 0.25) is 0 Å². The molecule has 1 aromatic rings. The normalized spacial score (nSPS) is 19.2. The minimum absolute atomic E-state index is 0.464. The van der Waals surface area contributed by atoms with Crippen LogP contribution in [0.4, 0.5) is 0 Å². The molecule has 4 heteroatoms. The van der Waals surface area contributed by atoms with Crippen LogP contribution < -0.4 is 14.8 Å². The minimum Gasteiger partial charge on any atom is -0.493 e. The Morgan fingerprint density at radius 1 is 1.37 bits per heavy atom. The summed E-state index contributed by atoms with van der Waals surface area (Å²) in [6, 6.07) is 6.54. The van der Waals surface area contributed by atoms with Gasteiger partial charge in [-0.25, -0.2) is 0 Å². The lowest BCUT2D eigenvalue weighted by atomic mass is 10.1. The first-order valence-corrected chi connectivity index (χ1v) is 6.94. The molecule has 1 fully saturated rings. The number of nitrogens with one attached hydrogen (secondary N) is 1. The van der Waals surface area contributed by atoms with Crippen LogP contribution in [-0.2, 0) is 11.3 Å². The topological polar surface area (TPSA) is 39.7 Å². The van der Waals surface area contributed by atoms with Gasteiger partial charge in [-0.2, -0.15) is 0 Å². The second-order valence-electron chi connectivity index (χ2n) is 4.71. The fraction of sp³-hybridized carbons (Fsp3) is 0.600. The molecule has 1 N–H and O–H groups in total. The molecule has 0 spiro atoms. The number of benzene rings is 1. The molecule has 0 bridgehead atoms. The van der Waals surface area contributed by atoms with Crippen molar-refractivity contribution in [2.75, 3.05) is 26.9 Å². The highest BCUT2D eigenvalue weighted by atomic mass is 16.5. The smallest absolute Gasteiger partial charge is 0.161 e. The molecule has 0 aliphatic carbocycles. The SMILES string of the molecule is CCOc1ccc(CNC2CCCOC2)cc1OC. The zero-order chi connectivity index (χ0) is 13.5. The van der Waals surface area contributed by atoms with Gasteiger partial charge in [-0.3, -0.25) is 0 Å². The number of methoxy groups -OCH3 is 1. The molecule has 1 unspecified atom stereocenters. The molecule has 19 heavy (non-hydrogen) atoms. The standard InChI is InChI=1S/C15H23NO3/c1-3-19-14-7-6-12(9-15(14)17-2)10-16-13-5-4-8-18-11-13/h6-7,9,13,16H,3-5,8,10-11H2,1-2H3. The van der Waals surface area contributed by atoms with E-state index in [1.165, 1.54) is 12.0 Å². The summed E-state index contributed by atoms with van der Waals surface area (Å²) in [6.07, 6.45) is 2.33. The van der Waals surface area contributed by atoms with Crippen LogP contribution in [-0.4, -0.2) is 33.0 Å². The number of hydrogen-bond acceptors (Lipinski definition) is 4. The van der Waals surface area contributed by atoms with Crippen molar-refractivity contribution >= 4 is 0 Å². The van der Waals surface area contributed by atoms with Crippen molar-refractivity contribution in [1.29, 1.82) is 0 Å². The van der Waals surface area contributed by atoms with E-state index in [1.807, 2.05) is 19.1 Å². The second kappa shape index (κ2) is 7.36. The molecule has 1 aromatic carbocycles. The van der Waals surface area contributed by atoms with Gasteiger partial charge in [0.15, 0.2) is 11.5 Å². The van der Waals surface area contributed by atoms with Crippen LogP contribution in [0.25, 0.3) is 0 Å². The number of ether oxygens (including phenoxy) is 3. The lowest BCUT2D eigenvalue weighted by Crippen LogP contribution is -2.36. The Morgan fingerprint density at radius 2 is 2.26 bits per heavy atom. The Bertz CT molecular complexity index is 389. The first kappa shape index (κ1) is 14.2. The van der Waals surface area contributed by atoms with Gasteiger partial charge in [0.05, 0.1) is 20.3 Å². The molecule has 1 atom stereocenters. The Hall–Kier alpha value is -1.26. The Balaban J connectivity index is 1.92. The van der Waals surface area contributed by atoms with Gasteiger partial charge in [0, 0.05) is 19.2 Å². The van der Waals surface area contributed by atoms with Crippen LogP contribution in [0.1, 0.15) is 25.3 Å². The molecular formula is C15H23NO3. The molecular weight excluding hydrogens is 242 g/mol. The van der Waals surface area contributed by atoms with Gasteiger partial charge in [0.1, 0.15) is 0 Å². The van der Waals surface area contributed by atoms with Crippen molar-refractivity contribution in [3.8, 4) is 11.5 Å². The van der Waals surface area contributed by atoms with Crippen molar-refractivity contribution in [2.45, 2.75) is 32.4 Å². The van der Waals surface area contributed by atoms with Gasteiger partial charge in [0.25, 0.3) is 0 Å². The van der Waals surface area contributed by atoms with E-state index >= 15 is 0 Å². The van der Waals surface area contributed by atoms with E-state index in [9.17, 15) is 0 Å². The predicted octanol–water partition coefficient (Wildman–Crippen LogP) is 2.36. The summed E-state index contributed by atoms with van der Waals surface area (Å²) < 4.78 is 16.3. The number of hydrogen-bond donors (Lipinski definition) is 1. The zero-order valence-corrected chi connectivity index (χ0v) is 11.8. The maximum atomic E-state index is 5.51. The third kappa shape index (κ3) is 4.11. The molecule has 1 aliphatic rings. The molecule has 1 aliphatic heterocycles. The van der Waals surface area contributed by atoms with Crippen LogP contribution in [0.5, 0.6) is 11.5 Å². The molecule has 1 heterocycles. The van der Waals surface area contributed by atoms with Crippen molar-refractivity contribution in [1.82, 2.24) is 5.32 Å². The van der Waals surface area contributed by atoms with Crippen molar-refractivity contribution in [3.05, 3.63) is 23.8 Å². The van der Waals surface area contributed by atoms with E-state index in [0.29, 0.717) is 12.6 Å². The van der Waals surface area contributed by atoms with Gasteiger partial charge >= 0.3 is 0 Å². The van der Waals surface area contributed by atoms with Crippen molar-refractivity contribution in [2.24, 2.45) is 0 Å². The first-order valence-electron chi connectivity index (χ1n) is 6.94. The molecule has 106 valence electrons. The summed E-state index contributed by atoms with van der Waals surface area (Å²) in [6.45, 7) is 5.16. The van der Waals surface area contributed by atoms with Crippen LogP contribution >= 0.6 is 0 Å². The van der Waals surface area contributed by atoms with Gasteiger partial charge in [-0.05, 0) is 37.5 Å². The average Bonchev–Trinajstić information content (AvgIpc) is 2.47. The summed E-state index contributed by atoms with van der Waals surface area (Å²) in [4.78, 5) is 0. The lowest BCUT2D eigenvalue weighted by Gasteiger charge is -2.23. The van der Waals surface area contributed by atoms with Gasteiger partial charge < -0.3 is 19.5 Å². The molecule has 0 amide bonds. The van der Waals surface area contributed by atoms with E-state index in [-0.39, 0.29) is 0 Å². The van der Waals surface area contributed by atoms with Crippen LogP contribution in [0.15, 0.2) is 18.2 Å². The molecule has 4 nitrogen and oxygen atoms in total. The minimum atomic E-state index is 0.464. The first-order chi connectivity index (χ1) is 9.33. The van der Waals surface area contributed by atoms with E-state index in [0.717, 1.165) is 37.7 Å². The summed E-state index contributed by atoms with van der Waals surface area (Å²) in [7, 11) is 1.67. The second-order valence-corrected chi connectivity index (χ2v) is 4.71. The highest BCUT2D eigenvalue weighted by Gasteiger charge is 2.13. The van der Waals surface area contributed by atoms with E-state index in [4.69, 9.17) is 14.2 Å².